The summed E-state index contributed by atoms with van der Waals surface area (Å²) in [4.78, 5) is 22.7. The molecule has 0 unspecified atom stereocenters. The molecule has 1 aliphatic rings. The number of nitrogens with zero attached hydrogens (tertiary/aromatic N) is 2. The zero-order valence-electron chi connectivity index (χ0n) is 18.6. The molecule has 4 aromatic rings. The first-order valence-electron chi connectivity index (χ1n) is 11.7. The van der Waals surface area contributed by atoms with Crippen molar-refractivity contribution in [3.8, 4) is 0 Å². The molecule has 168 valence electrons. The molecule has 0 radical (unpaired) electrons. The van der Waals surface area contributed by atoms with E-state index in [1.807, 2.05) is 47.6 Å². The van der Waals surface area contributed by atoms with Gasteiger partial charge in [0.05, 0.1) is 0 Å². The summed E-state index contributed by atoms with van der Waals surface area (Å²) in [5.41, 5.74) is 5.08. The number of H-pyrrole nitrogens is 1. The first kappa shape index (κ1) is 21.4. The molecule has 0 saturated carbocycles. The molecule has 4 nitrogen and oxygen atoms in total. The SMILES string of the molecule is O=C(CCc1c[nH]c2ccccc12)N1CCC(c2ccc(Cc3ccccc3F)cn2)CC1. The van der Waals surface area contributed by atoms with Crippen LogP contribution in [0.1, 0.15) is 47.6 Å². The molecule has 0 spiro atoms. The number of aryl methyl sites for hydroxylation is 1. The third kappa shape index (κ3) is 4.82. The molecule has 5 rings (SSSR count). The average Bonchev–Trinajstić information content (AvgIpc) is 3.28. The number of carbonyl (C=O) groups is 1. The number of benzene rings is 2. The van der Waals surface area contributed by atoms with Crippen molar-refractivity contribution in [3.05, 3.63) is 101 Å². The summed E-state index contributed by atoms with van der Waals surface area (Å²) in [7, 11) is 0. The predicted octanol–water partition coefficient (Wildman–Crippen LogP) is 5.63. The minimum absolute atomic E-state index is 0.177. The van der Waals surface area contributed by atoms with Gasteiger partial charge in [0.25, 0.3) is 0 Å². The van der Waals surface area contributed by atoms with E-state index in [9.17, 15) is 9.18 Å². The van der Waals surface area contributed by atoms with E-state index in [1.165, 1.54) is 17.0 Å². The highest BCUT2D eigenvalue weighted by molar-refractivity contribution is 5.84. The van der Waals surface area contributed by atoms with Gasteiger partial charge >= 0.3 is 0 Å². The normalized spacial score (nSPS) is 14.6. The van der Waals surface area contributed by atoms with Crippen molar-refractivity contribution in [2.24, 2.45) is 0 Å². The number of rotatable bonds is 6. The van der Waals surface area contributed by atoms with Gasteiger partial charge in [-0.05, 0) is 54.2 Å². The van der Waals surface area contributed by atoms with E-state index in [2.05, 4.69) is 28.2 Å². The molecule has 0 aliphatic carbocycles. The van der Waals surface area contributed by atoms with Crippen LogP contribution in [0.3, 0.4) is 0 Å². The smallest absolute Gasteiger partial charge is 0.222 e. The summed E-state index contributed by atoms with van der Waals surface area (Å²) in [5.74, 6) is 0.417. The van der Waals surface area contributed by atoms with Gasteiger partial charge < -0.3 is 9.88 Å². The standard InChI is InChI=1S/C28H28FN3O/c29-25-7-3-1-5-22(25)17-20-9-11-26(30-18-20)21-13-15-32(16-14-21)28(33)12-10-23-19-31-27-8-4-2-6-24(23)27/h1-9,11,18-19,21,31H,10,12-17H2. The van der Waals surface area contributed by atoms with Crippen LogP contribution in [0.4, 0.5) is 4.39 Å². The minimum Gasteiger partial charge on any atom is -0.361 e. The molecule has 1 aliphatic heterocycles. The number of halogens is 1. The van der Waals surface area contributed by atoms with Crippen molar-refractivity contribution in [1.82, 2.24) is 14.9 Å². The lowest BCUT2D eigenvalue weighted by Gasteiger charge is -2.32. The minimum atomic E-state index is -0.177. The zero-order valence-corrected chi connectivity index (χ0v) is 18.6. The Hall–Kier alpha value is -3.47. The lowest BCUT2D eigenvalue weighted by Crippen LogP contribution is -2.38. The van der Waals surface area contributed by atoms with Crippen LogP contribution in [-0.2, 0) is 17.6 Å². The Morgan fingerprint density at radius 3 is 2.58 bits per heavy atom. The molecule has 1 amide bonds. The van der Waals surface area contributed by atoms with Gasteiger partial charge in [0.2, 0.25) is 5.91 Å². The number of carbonyl (C=O) groups excluding carboxylic acids is 1. The maximum atomic E-state index is 13.9. The van der Waals surface area contributed by atoms with Crippen molar-refractivity contribution in [2.75, 3.05) is 13.1 Å². The predicted molar refractivity (Wildman–Crippen MR) is 129 cm³/mol. The summed E-state index contributed by atoms with van der Waals surface area (Å²) < 4.78 is 13.9. The molecule has 1 N–H and O–H groups in total. The highest BCUT2D eigenvalue weighted by Gasteiger charge is 2.24. The number of aromatic amines is 1. The van der Waals surface area contributed by atoms with Crippen LogP contribution in [0.15, 0.2) is 73.1 Å². The van der Waals surface area contributed by atoms with Gasteiger partial charge in [0, 0.05) is 60.8 Å². The van der Waals surface area contributed by atoms with Crippen LogP contribution in [0.25, 0.3) is 10.9 Å². The zero-order chi connectivity index (χ0) is 22.6. The molecule has 2 aromatic heterocycles. The number of pyridine rings is 1. The van der Waals surface area contributed by atoms with E-state index >= 15 is 0 Å². The van der Waals surface area contributed by atoms with E-state index in [-0.39, 0.29) is 11.7 Å². The molecule has 1 fully saturated rings. The van der Waals surface area contributed by atoms with Gasteiger partial charge in [-0.25, -0.2) is 4.39 Å². The number of hydrogen-bond acceptors (Lipinski definition) is 2. The van der Waals surface area contributed by atoms with Gasteiger partial charge in [0.15, 0.2) is 0 Å². The maximum absolute atomic E-state index is 13.9. The van der Waals surface area contributed by atoms with Gasteiger partial charge in [-0.2, -0.15) is 0 Å². The summed E-state index contributed by atoms with van der Waals surface area (Å²) >= 11 is 0. The van der Waals surface area contributed by atoms with Crippen LogP contribution in [0.2, 0.25) is 0 Å². The molecule has 0 bridgehead atoms. The number of para-hydroxylation sites is 1. The fraction of sp³-hybridized carbons (Fsp3) is 0.286. The Kier molecular flexibility index (Phi) is 6.20. The van der Waals surface area contributed by atoms with Gasteiger partial charge in [-0.1, -0.05) is 42.5 Å². The number of nitrogens with one attached hydrogen (secondary N) is 1. The Morgan fingerprint density at radius 1 is 1.00 bits per heavy atom. The highest BCUT2D eigenvalue weighted by Crippen LogP contribution is 2.28. The Morgan fingerprint density at radius 2 is 1.79 bits per heavy atom. The van der Waals surface area contributed by atoms with Crippen LogP contribution in [0.5, 0.6) is 0 Å². The van der Waals surface area contributed by atoms with E-state index in [1.54, 1.807) is 6.07 Å². The van der Waals surface area contributed by atoms with E-state index in [4.69, 9.17) is 0 Å². The van der Waals surface area contributed by atoms with Gasteiger partial charge in [-0.15, -0.1) is 0 Å². The van der Waals surface area contributed by atoms with Crippen molar-refractivity contribution in [2.45, 2.75) is 38.0 Å². The number of aromatic nitrogens is 2. The second-order valence-electron chi connectivity index (χ2n) is 8.87. The summed E-state index contributed by atoms with van der Waals surface area (Å²) in [6.07, 6.45) is 7.58. The second-order valence-corrected chi connectivity index (χ2v) is 8.87. The lowest BCUT2D eigenvalue weighted by atomic mass is 9.92. The molecule has 1 saturated heterocycles. The van der Waals surface area contributed by atoms with Crippen LogP contribution in [0, 0.1) is 5.82 Å². The monoisotopic (exact) mass is 441 g/mol. The largest absolute Gasteiger partial charge is 0.361 e. The third-order valence-corrected chi connectivity index (χ3v) is 6.75. The first-order valence-corrected chi connectivity index (χ1v) is 11.7. The van der Waals surface area contributed by atoms with Crippen molar-refractivity contribution >= 4 is 16.8 Å². The van der Waals surface area contributed by atoms with Gasteiger partial charge in [-0.3, -0.25) is 9.78 Å². The maximum Gasteiger partial charge on any atom is 0.222 e. The molecular weight excluding hydrogens is 413 g/mol. The summed E-state index contributed by atoms with van der Waals surface area (Å²) in [6, 6.07) is 19.2. The fourth-order valence-corrected chi connectivity index (χ4v) is 4.81. The highest BCUT2D eigenvalue weighted by atomic mass is 19.1. The van der Waals surface area contributed by atoms with E-state index in [0.29, 0.717) is 24.3 Å². The Balaban J connectivity index is 1.13. The molecule has 3 heterocycles. The Bertz CT molecular complexity index is 1240. The van der Waals surface area contributed by atoms with Crippen molar-refractivity contribution < 1.29 is 9.18 Å². The van der Waals surface area contributed by atoms with E-state index in [0.717, 1.165) is 49.1 Å². The van der Waals surface area contributed by atoms with Crippen molar-refractivity contribution in [3.63, 3.8) is 0 Å². The molecular formula is C28H28FN3O. The number of amides is 1. The van der Waals surface area contributed by atoms with Crippen LogP contribution in [-0.4, -0.2) is 33.9 Å². The molecule has 5 heteroatoms. The van der Waals surface area contributed by atoms with E-state index < -0.39 is 0 Å². The van der Waals surface area contributed by atoms with Crippen LogP contribution >= 0.6 is 0 Å². The molecule has 33 heavy (non-hydrogen) atoms. The number of fused-ring (bicyclic) bond motifs is 1. The summed E-state index contributed by atoms with van der Waals surface area (Å²) in [6.45, 7) is 1.55. The second kappa shape index (κ2) is 9.57. The topological polar surface area (TPSA) is 49.0 Å². The number of piperidine rings is 1. The Labute approximate surface area is 193 Å². The number of likely N-dealkylation sites (tertiary alicyclic amines) is 1. The number of hydrogen-bond donors (Lipinski definition) is 1. The molecule has 0 atom stereocenters. The lowest BCUT2D eigenvalue weighted by molar-refractivity contribution is -0.132. The fourth-order valence-electron chi connectivity index (χ4n) is 4.81. The third-order valence-electron chi connectivity index (χ3n) is 6.75. The first-order chi connectivity index (χ1) is 16.2. The quantitative estimate of drug-likeness (QED) is 0.421. The van der Waals surface area contributed by atoms with Gasteiger partial charge in [0.1, 0.15) is 5.82 Å². The van der Waals surface area contributed by atoms with Crippen LogP contribution < -0.4 is 0 Å². The van der Waals surface area contributed by atoms with Crippen molar-refractivity contribution in [1.29, 1.82) is 0 Å². The molecule has 2 aromatic carbocycles. The average molecular weight is 442 g/mol. The summed E-state index contributed by atoms with van der Waals surface area (Å²) in [5, 5.41) is 1.20.